The Bertz CT molecular complexity index is 1430. The number of nitrogens with zero attached hydrogens (tertiary/aromatic N) is 1. The van der Waals surface area contributed by atoms with Crippen molar-refractivity contribution < 1.29 is 14.3 Å². The molecule has 5 aromatic rings. The Kier molecular flexibility index (Phi) is 4.64. The van der Waals surface area contributed by atoms with Gasteiger partial charge in [-0.3, -0.25) is 4.79 Å². The largest absolute Gasteiger partial charge is 0.507 e. The van der Waals surface area contributed by atoms with Gasteiger partial charge in [-0.1, -0.05) is 49.4 Å². The summed E-state index contributed by atoms with van der Waals surface area (Å²) in [5, 5.41) is 15.2. The van der Waals surface area contributed by atoms with Crippen molar-refractivity contribution in [3.05, 3.63) is 90.0 Å². The third-order valence-electron chi connectivity index (χ3n) is 5.38. The number of aromatic hydroxyl groups is 1. The Morgan fingerprint density at radius 1 is 1.00 bits per heavy atom. The number of phenols is 1. The number of hydrogen-bond acceptors (Lipinski definition) is 4. The van der Waals surface area contributed by atoms with Gasteiger partial charge in [0.15, 0.2) is 5.58 Å². The first-order chi connectivity index (χ1) is 15.1. The third kappa shape index (κ3) is 3.51. The van der Waals surface area contributed by atoms with E-state index in [4.69, 9.17) is 4.42 Å². The van der Waals surface area contributed by atoms with E-state index in [1.54, 1.807) is 18.2 Å². The fourth-order valence-electron chi connectivity index (χ4n) is 3.72. The van der Waals surface area contributed by atoms with E-state index in [2.05, 4.69) is 17.2 Å². The molecule has 0 radical (unpaired) electrons. The van der Waals surface area contributed by atoms with Gasteiger partial charge in [0.1, 0.15) is 11.3 Å². The molecule has 5 nitrogen and oxygen atoms in total. The minimum Gasteiger partial charge on any atom is -0.507 e. The topological polar surface area (TPSA) is 75.4 Å². The number of benzene rings is 4. The predicted octanol–water partition coefficient (Wildman–Crippen LogP) is 6.17. The Balaban J connectivity index is 1.49. The van der Waals surface area contributed by atoms with Crippen molar-refractivity contribution in [2.24, 2.45) is 0 Å². The van der Waals surface area contributed by atoms with Gasteiger partial charge in [-0.25, -0.2) is 4.98 Å². The molecule has 0 saturated carbocycles. The van der Waals surface area contributed by atoms with E-state index in [0.717, 1.165) is 28.3 Å². The van der Waals surface area contributed by atoms with Crippen LogP contribution in [-0.2, 0) is 6.42 Å². The normalized spacial score (nSPS) is 11.1. The summed E-state index contributed by atoms with van der Waals surface area (Å²) in [6, 6.07) is 24.1. The average molecular weight is 408 g/mol. The molecule has 0 unspecified atom stereocenters. The van der Waals surface area contributed by atoms with Gasteiger partial charge in [0.25, 0.3) is 5.91 Å². The van der Waals surface area contributed by atoms with E-state index < -0.39 is 0 Å². The fraction of sp³-hybridized carbons (Fsp3) is 0.0769. The number of aromatic nitrogens is 1. The number of phenolic OH excluding ortho intramolecular Hbond substituents is 1. The lowest BCUT2D eigenvalue weighted by molar-refractivity contribution is 0.102. The van der Waals surface area contributed by atoms with Crippen molar-refractivity contribution in [2.75, 3.05) is 5.32 Å². The molecule has 0 bridgehead atoms. The number of aryl methyl sites for hydroxylation is 1. The summed E-state index contributed by atoms with van der Waals surface area (Å²) in [7, 11) is 0. The molecule has 152 valence electrons. The van der Waals surface area contributed by atoms with Crippen molar-refractivity contribution in [3.63, 3.8) is 0 Å². The van der Waals surface area contributed by atoms with Crippen molar-refractivity contribution in [2.45, 2.75) is 13.3 Å². The highest BCUT2D eigenvalue weighted by Gasteiger charge is 2.15. The van der Waals surface area contributed by atoms with Gasteiger partial charge in [-0.2, -0.15) is 0 Å². The molecular formula is C26H20N2O3. The van der Waals surface area contributed by atoms with Crippen LogP contribution in [0.15, 0.2) is 83.3 Å². The highest BCUT2D eigenvalue weighted by molar-refractivity contribution is 6.13. The number of carbonyl (C=O) groups is 1. The van der Waals surface area contributed by atoms with Crippen LogP contribution in [0.2, 0.25) is 0 Å². The van der Waals surface area contributed by atoms with Gasteiger partial charge in [-0.15, -0.1) is 0 Å². The van der Waals surface area contributed by atoms with Crippen molar-refractivity contribution in [3.8, 4) is 17.2 Å². The van der Waals surface area contributed by atoms with E-state index in [1.165, 1.54) is 6.07 Å². The standard InChI is InChI=1S/C26H20N2O3/c1-2-16-10-13-24-22(14-16)28-26(31-24)21-15-18(11-12-23(21)29)27-25(30)20-9-5-7-17-6-3-4-8-19(17)20/h3-15,29H,2H2,1H3,(H,27,30). The van der Waals surface area contributed by atoms with Gasteiger partial charge < -0.3 is 14.8 Å². The summed E-state index contributed by atoms with van der Waals surface area (Å²) in [6.07, 6.45) is 0.902. The summed E-state index contributed by atoms with van der Waals surface area (Å²) in [6.45, 7) is 2.08. The Hall–Kier alpha value is -4.12. The zero-order chi connectivity index (χ0) is 21.4. The van der Waals surface area contributed by atoms with Crippen LogP contribution in [-0.4, -0.2) is 16.0 Å². The minimum atomic E-state index is -0.224. The number of hydrogen-bond donors (Lipinski definition) is 2. The smallest absolute Gasteiger partial charge is 0.256 e. The molecule has 0 aliphatic rings. The summed E-state index contributed by atoms with van der Waals surface area (Å²) >= 11 is 0. The first kappa shape index (κ1) is 18.9. The summed E-state index contributed by atoms with van der Waals surface area (Å²) in [4.78, 5) is 17.5. The summed E-state index contributed by atoms with van der Waals surface area (Å²) in [5.74, 6) is 0.117. The lowest BCUT2D eigenvalue weighted by Crippen LogP contribution is -2.12. The molecule has 1 heterocycles. The van der Waals surface area contributed by atoms with Gasteiger partial charge in [-0.05, 0) is 59.2 Å². The molecule has 2 N–H and O–H groups in total. The molecule has 0 fully saturated rings. The van der Waals surface area contributed by atoms with E-state index in [9.17, 15) is 9.90 Å². The molecule has 0 aliphatic carbocycles. The van der Waals surface area contributed by atoms with Crippen molar-refractivity contribution in [1.29, 1.82) is 0 Å². The van der Waals surface area contributed by atoms with Crippen LogP contribution in [0, 0.1) is 0 Å². The quantitative estimate of drug-likeness (QED) is 0.349. The van der Waals surface area contributed by atoms with Crippen LogP contribution in [0.3, 0.4) is 0 Å². The van der Waals surface area contributed by atoms with E-state index in [1.807, 2.05) is 54.6 Å². The monoisotopic (exact) mass is 408 g/mol. The van der Waals surface area contributed by atoms with Crippen LogP contribution in [0.25, 0.3) is 33.3 Å². The molecular weight excluding hydrogens is 388 g/mol. The maximum absolute atomic E-state index is 13.0. The molecule has 0 aliphatic heterocycles. The average Bonchev–Trinajstić information content (AvgIpc) is 3.23. The number of carbonyl (C=O) groups excluding carboxylic acids is 1. The summed E-state index contributed by atoms with van der Waals surface area (Å²) in [5.41, 5.74) is 4.09. The molecule has 0 spiro atoms. The number of oxazole rings is 1. The number of nitrogens with one attached hydrogen (secondary N) is 1. The number of amides is 1. The number of rotatable bonds is 4. The Morgan fingerprint density at radius 2 is 1.84 bits per heavy atom. The molecule has 0 atom stereocenters. The van der Waals surface area contributed by atoms with Crippen LogP contribution in [0.5, 0.6) is 5.75 Å². The minimum absolute atomic E-state index is 0.0328. The third-order valence-corrected chi connectivity index (χ3v) is 5.38. The second kappa shape index (κ2) is 7.61. The van der Waals surface area contributed by atoms with E-state index >= 15 is 0 Å². The molecule has 5 heteroatoms. The van der Waals surface area contributed by atoms with Gasteiger partial charge >= 0.3 is 0 Å². The zero-order valence-electron chi connectivity index (χ0n) is 16.9. The summed E-state index contributed by atoms with van der Waals surface area (Å²) < 4.78 is 5.85. The Labute approximate surface area is 179 Å². The Morgan fingerprint density at radius 3 is 2.71 bits per heavy atom. The maximum atomic E-state index is 13.0. The molecule has 5 rings (SSSR count). The molecule has 31 heavy (non-hydrogen) atoms. The van der Waals surface area contributed by atoms with Gasteiger partial charge in [0, 0.05) is 11.3 Å². The van der Waals surface area contributed by atoms with Crippen molar-refractivity contribution >= 4 is 33.5 Å². The van der Waals surface area contributed by atoms with Gasteiger partial charge in [0.2, 0.25) is 5.89 Å². The molecule has 1 amide bonds. The second-order valence-electron chi connectivity index (χ2n) is 7.39. The lowest BCUT2D eigenvalue weighted by Gasteiger charge is -2.09. The first-order valence-corrected chi connectivity index (χ1v) is 10.1. The first-order valence-electron chi connectivity index (χ1n) is 10.1. The molecule has 1 aromatic heterocycles. The van der Waals surface area contributed by atoms with Crippen molar-refractivity contribution in [1.82, 2.24) is 4.98 Å². The van der Waals surface area contributed by atoms with E-state index in [-0.39, 0.29) is 11.7 Å². The number of anilines is 1. The van der Waals surface area contributed by atoms with E-state index in [0.29, 0.717) is 28.3 Å². The zero-order valence-corrected chi connectivity index (χ0v) is 16.9. The lowest BCUT2D eigenvalue weighted by atomic mass is 10.0. The van der Waals surface area contributed by atoms with Crippen LogP contribution < -0.4 is 5.32 Å². The molecule has 0 saturated heterocycles. The second-order valence-corrected chi connectivity index (χ2v) is 7.39. The molecule has 4 aromatic carbocycles. The SMILES string of the molecule is CCc1ccc2oc(-c3cc(NC(=O)c4cccc5ccccc45)ccc3O)nc2c1. The van der Waals surface area contributed by atoms with Crippen LogP contribution in [0.1, 0.15) is 22.8 Å². The predicted molar refractivity (Wildman–Crippen MR) is 122 cm³/mol. The highest BCUT2D eigenvalue weighted by atomic mass is 16.3. The van der Waals surface area contributed by atoms with Crippen LogP contribution in [0.4, 0.5) is 5.69 Å². The highest BCUT2D eigenvalue weighted by Crippen LogP contribution is 2.34. The van der Waals surface area contributed by atoms with Crippen LogP contribution >= 0.6 is 0 Å². The maximum Gasteiger partial charge on any atom is 0.256 e. The number of fused-ring (bicyclic) bond motifs is 2. The van der Waals surface area contributed by atoms with Gasteiger partial charge in [0.05, 0.1) is 5.56 Å². The fourth-order valence-corrected chi connectivity index (χ4v) is 3.72.